The van der Waals surface area contributed by atoms with Crippen LogP contribution >= 0.6 is 28.6 Å². The number of nitrogens with one attached hydrogen (secondary N) is 1. The van der Waals surface area contributed by atoms with Gasteiger partial charge in [0.15, 0.2) is 0 Å². The number of halogens is 1. The van der Waals surface area contributed by atoms with Gasteiger partial charge >= 0.3 is 0 Å². The van der Waals surface area contributed by atoms with Crippen LogP contribution < -0.4 is 5.32 Å². The van der Waals surface area contributed by atoms with Gasteiger partial charge in [0, 0.05) is 17.4 Å². The van der Waals surface area contributed by atoms with Gasteiger partial charge in [-0.15, -0.1) is 0 Å². The topological polar surface area (TPSA) is 29.1 Å². The van der Waals surface area contributed by atoms with Crippen LogP contribution in [0, 0.1) is 5.41 Å². The Morgan fingerprint density at radius 2 is 2.00 bits per heavy atom. The predicted octanol–water partition coefficient (Wildman–Crippen LogP) is 3.17. The summed E-state index contributed by atoms with van der Waals surface area (Å²) in [6, 6.07) is 7.99. The van der Waals surface area contributed by atoms with Crippen molar-refractivity contribution in [2.45, 2.75) is 25.8 Å². The molecule has 2 nitrogen and oxygen atoms in total. The third-order valence-corrected chi connectivity index (χ3v) is 4.43. The summed E-state index contributed by atoms with van der Waals surface area (Å²) in [4.78, 5) is 11.7. The Hall–Kier alpha value is -0.480. The number of benzene rings is 1. The second-order valence-corrected chi connectivity index (χ2v) is 5.97. The van der Waals surface area contributed by atoms with E-state index in [0.717, 1.165) is 28.6 Å². The summed E-state index contributed by atoms with van der Waals surface area (Å²) in [7, 11) is 0. The van der Waals surface area contributed by atoms with Crippen LogP contribution in [0.3, 0.4) is 0 Å². The zero-order chi connectivity index (χ0) is 12.3. The Bertz CT molecular complexity index is 400. The van der Waals surface area contributed by atoms with Crippen molar-refractivity contribution in [3.8, 4) is 0 Å². The normalized spacial score (nSPS) is 16.6. The Kier molecular flexibility index (Phi) is 4.15. The van der Waals surface area contributed by atoms with Crippen molar-refractivity contribution >= 4 is 34.5 Å². The molecule has 0 saturated heterocycles. The first-order chi connectivity index (χ1) is 8.13. The summed E-state index contributed by atoms with van der Waals surface area (Å²) in [6.45, 7) is 0.606. The number of carbonyl (C=O) groups is 1. The first-order valence-corrected chi connectivity index (χ1v) is 7.18. The van der Waals surface area contributed by atoms with Crippen molar-refractivity contribution in [1.82, 2.24) is 5.32 Å². The van der Waals surface area contributed by atoms with E-state index >= 15 is 0 Å². The summed E-state index contributed by atoms with van der Waals surface area (Å²) in [5.74, 6) is 0.957. The van der Waals surface area contributed by atoms with E-state index in [9.17, 15) is 4.79 Å². The third kappa shape index (κ3) is 3.75. The summed E-state index contributed by atoms with van der Waals surface area (Å²) < 4.78 is 1.06. The van der Waals surface area contributed by atoms with Crippen molar-refractivity contribution in [3.63, 3.8) is 0 Å². The summed E-state index contributed by atoms with van der Waals surface area (Å²) in [6.07, 6.45) is 2.90. The predicted molar refractivity (Wildman–Crippen MR) is 76.1 cm³/mol. The van der Waals surface area contributed by atoms with Gasteiger partial charge in [0.2, 0.25) is 5.91 Å². The standard InChI is InChI=1S/C13H16BrNOS/c14-11-3-1-10(2-4-11)8-15-12(16)7-13(9-17)5-6-13/h1-4,17H,5-9H2,(H,15,16). The van der Waals surface area contributed by atoms with E-state index in [4.69, 9.17) is 0 Å². The molecule has 17 heavy (non-hydrogen) atoms. The first kappa shape index (κ1) is 13.0. The van der Waals surface area contributed by atoms with E-state index < -0.39 is 0 Å². The fourth-order valence-electron chi connectivity index (χ4n) is 1.77. The van der Waals surface area contributed by atoms with Crippen LogP contribution in [0.2, 0.25) is 0 Å². The van der Waals surface area contributed by atoms with Gasteiger partial charge in [-0.05, 0) is 41.7 Å². The lowest BCUT2D eigenvalue weighted by atomic mass is 10.1. The van der Waals surface area contributed by atoms with Crippen LogP contribution in [0.1, 0.15) is 24.8 Å². The van der Waals surface area contributed by atoms with Crippen LogP contribution in [0.15, 0.2) is 28.7 Å². The van der Waals surface area contributed by atoms with Crippen LogP contribution in [0.5, 0.6) is 0 Å². The van der Waals surface area contributed by atoms with Crippen molar-refractivity contribution in [3.05, 3.63) is 34.3 Å². The van der Waals surface area contributed by atoms with Crippen molar-refractivity contribution in [1.29, 1.82) is 0 Å². The highest BCUT2D eigenvalue weighted by Crippen LogP contribution is 2.49. The van der Waals surface area contributed by atoms with Gasteiger partial charge < -0.3 is 5.32 Å². The molecular weight excluding hydrogens is 298 g/mol. The third-order valence-electron chi connectivity index (χ3n) is 3.23. The number of hydrogen-bond acceptors (Lipinski definition) is 2. The molecule has 0 spiro atoms. The van der Waals surface area contributed by atoms with Gasteiger partial charge in [0.25, 0.3) is 0 Å². The van der Waals surface area contributed by atoms with Gasteiger partial charge in [0.1, 0.15) is 0 Å². The molecule has 4 heteroatoms. The van der Waals surface area contributed by atoms with Gasteiger partial charge in [-0.25, -0.2) is 0 Å². The molecule has 0 heterocycles. The number of amides is 1. The minimum absolute atomic E-state index is 0.138. The highest BCUT2D eigenvalue weighted by Gasteiger charge is 2.42. The fourth-order valence-corrected chi connectivity index (χ4v) is 2.47. The molecular formula is C13H16BrNOS. The maximum Gasteiger partial charge on any atom is 0.220 e. The van der Waals surface area contributed by atoms with Crippen molar-refractivity contribution in [2.24, 2.45) is 5.41 Å². The molecule has 0 aromatic heterocycles. The second-order valence-electron chi connectivity index (χ2n) is 4.74. The molecule has 2 rings (SSSR count). The first-order valence-electron chi connectivity index (χ1n) is 5.76. The molecule has 1 saturated carbocycles. The Morgan fingerprint density at radius 1 is 1.35 bits per heavy atom. The van der Waals surface area contributed by atoms with Crippen LogP contribution in [-0.2, 0) is 11.3 Å². The molecule has 0 atom stereocenters. The average Bonchev–Trinajstić information content (AvgIpc) is 3.09. The summed E-state index contributed by atoms with van der Waals surface area (Å²) >= 11 is 7.69. The van der Waals surface area contributed by atoms with Crippen LogP contribution in [0.4, 0.5) is 0 Å². The smallest absolute Gasteiger partial charge is 0.220 e. The number of hydrogen-bond donors (Lipinski definition) is 2. The van der Waals surface area contributed by atoms with E-state index in [0.29, 0.717) is 13.0 Å². The molecule has 1 fully saturated rings. The molecule has 1 aliphatic carbocycles. The van der Waals surface area contributed by atoms with Gasteiger partial charge in [-0.1, -0.05) is 28.1 Å². The highest BCUT2D eigenvalue weighted by molar-refractivity contribution is 9.10. The number of carbonyl (C=O) groups excluding carboxylic acids is 1. The molecule has 1 amide bonds. The largest absolute Gasteiger partial charge is 0.352 e. The Morgan fingerprint density at radius 3 is 2.53 bits per heavy atom. The summed E-state index contributed by atoms with van der Waals surface area (Å²) in [5, 5.41) is 2.96. The molecule has 1 aromatic rings. The maximum absolute atomic E-state index is 11.7. The average molecular weight is 314 g/mol. The lowest BCUT2D eigenvalue weighted by molar-refractivity contribution is -0.122. The number of thiol groups is 1. The van der Waals surface area contributed by atoms with E-state index in [1.807, 2.05) is 24.3 Å². The molecule has 1 aliphatic rings. The second kappa shape index (κ2) is 5.44. The highest BCUT2D eigenvalue weighted by atomic mass is 79.9. The maximum atomic E-state index is 11.7. The van der Waals surface area contributed by atoms with Gasteiger partial charge in [-0.3, -0.25) is 4.79 Å². The zero-order valence-corrected chi connectivity index (χ0v) is 12.1. The molecule has 0 radical (unpaired) electrons. The van der Waals surface area contributed by atoms with Crippen LogP contribution in [-0.4, -0.2) is 11.7 Å². The van der Waals surface area contributed by atoms with Gasteiger partial charge in [0.05, 0.1) is 0 Å². The molecule has 0 aliphatic heterocycles. The van der Waals surface area contributed by atoms with E-state index in [2.05, 4.69) is 33.9 Å². The van der Waals surface area contributed by atoms with E-state index in [1.54, 1.807) is 0 Å². The minimum atomic E-state index is 0.138. The zero-order valence-electron chi connectivity index (χ0n) is 9.58. The lowest BCUT2D eigenvalue weighted by Gasteiger charge is -2.11. The molecule has 1 N–H and O–H groups in total. The monoisotopic (exact) mass is 313 g/mol. The van der Waals surface area contributed by atoms with Crippen molar-refractivity contribution < 1.29 is 4.79 Å². The van der Waals surface area contributed by atoms with Crippen LogP contribution in [0.25, 0.3) is 0 Å². The minimum Gasteiger partial charge on any atom is -0.352 e. The van der Waals surface area contributed by atoms with Crippen molar-refractivity contribution in [2.75, 3.05) is 5.75 Å². The van der Waals surface area contributed by atoms with E-state index in [1.165, 1.54) is 0 Å². The SMILES string of the molecule is O=C(CC1(CS)CC1)NCc1ccc(Br)cc1. The molecule has 0 unspecified atom stereocenters. The molecule has 1 aromatic carbocycles. The Balaban J connectivity index is 1.78. The number of rotatable bonds is 5. The Labute approximate surface area is 116 Å². The fraction of sp³-hybridized carbons (Fsp3) is 0.462. The lowest BCUT2D eigenvalue weighted by Crippen LogP contribution is -2.26. The summed E-state index contributed by atoms with van der Waals surface area (Å²) in [5.41, 5.74) is 1.32. The molecule has 92 valence electrons. The molecule has 0 bridgehead atoms. The van der Waals surface area contributed by atoms with E-state index in [-0.39, 0.29) is 11.3 Å². The van der Waals surface area contributed by atoms with Gasteiger partial charge in [-0.2, -0.15) is 12.6 Å². The quantitative estimate of drug-likeness (QED) is 0.803.